The molecule has 0 spiro atoms. The van der Waals surface area contributed by atoms with Crippen LogP contribution < -0.4 is 9.64 Å². The fraction of sp³-hybridized carbons (Fsp3) is 0.214. The maximum atomic E-state index is 13.3. The minimum absolute atomic E-state index is 0.0404. The maximum absolute atomic E-state index is 13.3. The number of aryl methyl sites for hydroxylation is 2. The molecule has 1 N–H and O–H groups in total. The van der Waals surface area contributed by atoms with E-state index in [-0.39, 0.29) is 17.4 Å². The van der Waals surface area contributed by atoms with Crippen molar-refractivity contribution in [3.63, 3.8) is 0 Å². The third-order valence-electron chi connectivity index (χ3n) is 5.66. The third kappa shape index (κ3) is 4.27. The number of aliphatic hydroxyl groups is 1. The van der Waals surface area contributed by atoms with Gasteiger partial charge in [-0.25, -0.2) is 0 Å². The predicted molar refractivity (Wildman–Crippen MR) is 129 cm³/mol. The summed E-state index contributed by atoms with van der Waals surface area (Å²) < 4.78 is 5.75. The minimum atomic E-state index is -0.749. The van der Waals surface area contributed by atoms with Crippen molar-refractivity contribution in [2.24, 2.45) is 0 Å². The number of amides is 1. The molecule has 1 atom stereocenters. The number of ether oxygens (including phenoxy) is 1. The van der Waals surface area contributed by atoms with Gasteiger partial charge in [-0.1, -0.05) is 60.2 Å². The van der Waals surface area contributed by atoms with Gasteiger partial charge in [0.25, 0.3) is 11.7 Å². The highest BCUT2D eigenvalue weighted by atomic mass is 16.5. The molecule has 3 aromatic carbocycles. The number of anilines is 1. The molecule has 4 rings (SSSR count). The van der Waals surface area contributed by atoms with Gasteiger partial charge in [-0.3, -0.25) is 14.5 Å². The second kappa shape index (κ2) is 8.94. The van der Waals surface area contributed by atoms with Crippen molar-refractivity contribution in [1.82, 2.24) is 0 Å². The first kappa shape index (κ1) is 22.3. The van der Waals surface area contributed by atoms with Gasteiger partial charge in [0.2, 0.25) is 0 Å². The number of benzene rings is 3. The molecule has 3 aromatic rings. The van der Waals surface area contributed by atoms with Gasteiger partial charge >= 0.3 is 0 Å². The molecular formula is C28H27NO4. The lowest BCUT2D eigenvalue weighted by molar-refractivity contribution is -0.132. The van der Waals surface area contributed by atoms with E-state index in [0.717, 1.165) is 16.7 Å². The van der Waals surface area contributed by atoms with E-state index < -0.39 is 17.7 Å². The quantitative estimate of drug-likeness (QED) is 0.313. The van der Waals surface area contributed by atoms with Crippen LogP contribution in [0.15, 0.2) is 78.4 Å². The van der Waals surface area contributed by atoms with Gasteiger partial charge < -0.3 is 9.84 Å². The lowest BCUT2D eigenvalue weighted by Crippen LogP contribution is -2.30. The van der Waals surface area contributed by atoms with Crippen LogP contribution in [0.2, 0.25) is 0 Å². The summed E-state index contributed by atoms with van der Waals surface area (Å²) in [4.78, 5) is 28.1. The molecule has 0 aromatic heterocycles. The van der Waals surface area contributed by atoms with E-state index in [1.54, 1.807) is 24.3 Å². The van der Waals surface area contributed by atoms with Crippen LogP contribution in [0.1, 0.15) is 42.1 Å². The first-order valence-electron chi connectivity index (χ1n) is 11.0. The Morgan fingerprint density at radius 1 is 0.939 bits per heavy atom. The van der Waals surface area contributed by atoms with Crippen molar-refractivity contribution in [2.45, 2.75) is 39.8 Å². The van der Waals surface area contributed by atoms with E-state index in [1.807, 2.05) is 76.2 Å². The van der Waals surface area contributed by atoms with E-state index >= 15 is 0 Å². The molecule has 0 radical (unpaired) electrons. The number of nitrogens with zero attached hydrogens (tertiary/aromatic N) is 1. The fourth-order valence-electron chi connectivity index (χ4n) is 4.21. The van der Waals surface area contributed by atoms with Crippen molar-refractivity contribution in [1.29, 1.82) is 0 Å². The standard InChI is InChI=1S/C28H27NO4/c1-17(2)33-22-13-8-12-21(16-22)26(30)24-25(20-11-7-9-18(3)15-20)29(28(32)27(24)31)23-14-6-5-10-19(23)4/h5-17,25,30H,1-4H3/b26-24-. The van der Waals surface area contributed by atoms with Gasteiger partial charge in [0.1, 0.15) is 11.5 Å². The van der Waals surface area contributed by atoms with Crippen LogP contribution in [-0.4, -0.2) is 22.9 Å². The summed E-state index contributed by atoms with van der Waals surface area (Å²) in [6.45, 7) is 7.68. The monoisotopic (exact) mass is 441 g/mol. The molecule has 0 aliphatic carbocycles. The lowest BCUT2D eigenvalue weighted by Gasteiger charge is -2.27. The Bertz CT molecular complexity index is 1260. The topological polar surface area (TPSA) is 66.8 Å². The third-order valence-corrected chi connectivity index (χ3v) is 5.66. The van der Waals surface area contributed by atoms with Crippen molar-refractivity contribution < 1.29 is 19.4 Å². The van der Waals surface area contributed by atoms with E-state index in [1.165, 1.54) is 4.90 Å². The number of Topliss-reactive ketones (excluding diaryl/α,β-unsaturated/α-hetero) is 1. The SMILES string of the molecule is Cc1cccc(C2/C(=C(/O)c3cccc(OC(C)C)c3)C(=O)C(=O)N2c2ccccc2C)c1. The molecule has 168 valence electrons. The zero-order valence-corrected chi connectivity index (χ0v) is 19.2. The summed E-state index contributed by atoms with van der Waals surface area (Å²) in [6, 6.07) is 21.3. The van der Waals surface area contributed by atoms with Crippen LogP contribution in [0, 0.1) is 13.8 Å². The van der Waals surface area contributed by atoms with E-state index in [2.05, 4.69) is 0 Å². The maximum Gasteiger partial charge on any atom is 0.300 e. The Kier molecular flexibility index (Phi) is 6.05. The number of ketones is 1. The Balaban J connectivity index is 1.93. The Labute approximate surface area is 193 Å². The predicted octanol–water partition coefficient (Wildman–Crippen LogP) is 5.72. The highest BCUT2D eigenvalue weighted by Gasteiger charge is 2.47. The fourth-order valence-corrected chi connectivity index (χ4v) is 4.21. The molecule has 0 saturated carbocycles. The molecule has 1 unspecified atom stereocenters. The van der Waals surface area contributed by atoms with Crippen LogP contribution in [0.5, 0.6) is 5.75 Å². The van der Waals surface area contributed by atoms with Gasteiger partial charge in [-0.05, 0) is 57.0 Å². The number of hydrogen-bond donors (Lipinski definition) is 1. The molecular weight excluding hydrogens is 414 g/mol. The molecule has 1 saturated heterocycles. The van der Waals surface area contributed by atoms with E-state index in [9.17, 15) is 14.7 Å². The van der Waals surface area contributed by atoms with Crippen molar-refractivity contribution >= 4 is 23.1 Å². The number of carbonyl (C=O) groups excluding carboxylic acids is 2. The lowest BCUT2D eigenvalue weighted by atomic mass is 9.94. The van der Waals surface area contributed by atoms with Crippen LogP contribution in [0.4, 0.5) is 5.69 Å². The average molecular weight is 442 g/mol. The molecule has 0 bridgehead atoms. The molecule has 5 nitrogen and oxygen atoms in total. The second-order valence-corrected chi connectivity index (χ2v) is 8.56. The zero-order valence-electron chi connectivity index (χ0n) is 19.2. The minimum Gasteiger partial charge on any atom is -0.507 e. The highest BCUT2D eigenvalue weighted by Crippen LogP contribution is 2.43. The van der Waals surface area contributed by atoms with Gasteiger partial charge in [0.15, 0.2) is 0 Å². The molecule has 1 heterocycles. The Hall–Kier alpha value is -3.86. The van der Waals surface area contributed by atoms with Crippen LogP contribution >= 0.6 is 0 Å². The first-order chi connectivity index (χ1) is 15.8. The number of hydrogen-bond acceptors (Lipinski definition) is 4. The summed E-state index contributed by atoms with van der Waals surface area (Å²) in [6.07, 6.45) is -0.0404. The molecule has 1 aliphatic heterocycles. The Morgan fingerprint density at radius 2 is 1.67 bits per heavy atom. The first-order valence-corrected chi connectivity index (χ1v) is 11.0. The average Bonchev–Trinajstić information content (AvgIpc) is 3.04. The van der Waals surface area contributed by atoms with Crippen molar-refractivity contribution in [2.75, 3.05) is 4.90 Å². The van der Waals surface area contributed by atoms with Gasteiger partial charge in [-0.15, -0.1) is 0 Å². The van der Waals surface area contributed by atoms with Crippen molar-refractivity contribution in [3.8, 4) is 5.75 Å². The summed E-state index contributed by atoms with van der Waals surface area (Å²) in [5.41, 5.74) is 3.75. The summed E-state index contributed by atoms with van der Waals surface area (Å²) >= 11 is 0. The normalized spacial score (nSPS) is 17.6. The molecule has 1 fully saturated rings. The smallest absolute Gasteiger partial charge is 0.300 e. The van der Waals surface area contributed by atoms with E-state index in [4.69, 9.17) is 4.74 Å². The number of aliphatic hydroxyl groups excluding tert-OH is 1. The molecule has 33 heavy (non-hydrogen) atoms. The Morgan fingerprint density at radius 3 is 2.36 bits per heavy atom. The largest absolute Gasteiger partial charge is 0.507 e. The van der Waals surface area contributed by atoms with Crippen molar-refractivity contribution in [3.05, 3.63) is 101 Å². The summed E-state index contributed by atoms with van der Waals surface area (Å²) in [5.74, 6) is -1.01. The second-order valence-electron chi connectivity index (χ2n) is 8.56. The molecule has 1 amide bonds. The van der Waals surface area contributed by atoms with Crippen LogP contribution in [0.3, 0.4) is 0 Å². The molecule has 5 heteroatoms. The van der Waals surface area contributed by atoms with Crippen LogP contribution in [0.25, 0.3) is 5.76 Å². The summed E-state index contributed by atoms with van der Waals surface area (Å²) in [5, 5.41) is 11.3. The van der Waals surface area contributed by atoms with Gasteiger partial charge in [0, 0.05) is 11.3 Å². The number of carbonyl (C=O) groups is 2. The number of para-hydroxylation sites is 1. The molecule has 1 aliphatic rings. The van der Waals surface area contributed by atoms with Crippen LogP contribution in [-0.2, 0) is 9.59 Å². The zero-order chi connectivity index (χ0) is 23.7. The summed E-state index contributed by atoms with van der Waals surface area (Å²) in [7, 11) is 0. The number of rotatable bonds is 5. The van der Waals surface area contributed by atoms with Gasteiger partial charge in [0.05, 0.1) is 17.7 Å². The van der Waals surface area contributed by atoms with Gasteiger partial charge in [-0.2, -0.15) is 0 Å². The highest BCUT2D eigenvalue weighted by molar-refractivity contribution is 6.51. The van der Waals surface area contributed by atoms with E-state index in [0.29, 0.717) is 17.0 Å².